The normalized spacial score (nSPS) is 16.8. The molecule has 6 heteroatoms. The number of aromatic nitrogens is 2. The monoisotopic (exact) mass is 340 g/mol. The molecular formula is C19H24N4O2. The van der Waals surface area contributed by atoms with E-state index in [4.69, 9.17) is 4.74 Å². The molecule has 2 aromatic rings. The van der Waals surface area contributed by atoms with Gasteiger partial charge < -0.3 is 15.0 Å². The lowest BCUT2D eigenvalue weighted by Gasteiger charge is -2.27. The van der Waals surface area contributed by atoms with E-state index in [0.29, 0.717) is 12.4 Å². The molecule has 1 aromatic heterocycles. The van der Waals surface area contributed by atoms with Crippen LogP contribution < -0.4 is 10.2 Å². The summed E-state index contributed by atoms with van der Waals surface area (Å²) in [4.78, 5) is 14.2. The number of hydrogen-bond acceptors (Lipinski definition) is 5. The predicted molar refractivity (Wildman–Crippen MR) is 97.4 cm³/mol. The van der Waals surface area contributed by atoms with Crippen molar-refractivity contribution in [1.29, 1.82) is 0 Å². The maximum atomic E-state index is 12.1. The molecule has 0 bridgehead atoms. The van der Waals surface area contributed by atoms with Gasteiger partial charge in [-0.05, 0) is 44.4 Å². The number of nitrogens with one attached hydrogen (secondary N) is 1. The minimum atomic E-state index is -0.369. The SMILES string of the molecule is CC(C)N(Cc1ccccc1)c1ccc(NC(=O)C2CCCO2)nn1. The number of nitrogens with zero attached hydrogens (tertiary/aromatic N) is 3. The fourth-order valence-corrected chi connectivity index (χ4v) is 2.84. The lowest BCUT2D eigenvalue weighted by Crippen LogP contribution is -2.31. The van der Waals surface area contributed by atoms with E-state index >= 15 is 0 Å². The maximum Gasteiger partial charge on any atom is 0.254 e. The molecule has 2 heterocycles. The van der Waals surface area contributed by atoms with Crippen LogP contribution in [0.5, 0.6) is 0 Å². The largest absolute Gasteiger partial charge is 0.368 e. The van der Waals surface area contributed by atoms with Gasteiger partial charge in [-0.25, -0.2) is 0 Å². The summed E-state index contributed by atoms with van der Waals surface area (Å²) in [5, 5.41) is 11.2. The molecule has 0 saturated carbocycles. The first-order chi connectivity index (χ1) is 12.1. The lowest BCUT2D eigenvalue weighted by atomic mass is 10.2. The minimum absolute atomic E-state index is 0.149. The van der Waals surface area contributed by atoms with Crippen molar-refractivity contribution in [2.24, 2.45) is 0 Å². The van der Waals surface area contributed by atoms with Crippen LogP contribution in [0.1, 0.15) is 32.3 Å². The summed E-state index contributed by atoms with van der Waals surface area (Å²) in [7, 11) is 0. The topological polar surface area (TPSA) is 67.4 Å². The van der Waals surface area contributed by atoms with Gasteiger partial charge in [-0.1, -0.05) is 30.3 Å². The van der Waals surface area contributed by atoms with Gasteiger partial charge in [0.15, 0.2) is 11.6 Å². The third kappa shape index (κ3) is 4.54. The van der Waals surface area contributed by atoms with Crippen molar-refractivity contribution in [3.8, 4) is 0 Å². The van der Waals surface area contributed by atoms with Gasteiger partial charge in [-0.2, -0.15) is 0 Å². The first kappa shape index (κ1) is 17.4. The molecule has 1 fully saturated rings. The number of carbonyl (C=O) groups is 1. The smallest absolute Gasteiger partial charge is 0.254 e. The second-order valence-electron chi connectivity index (χ2n) is 6.47. The molecule has 1 amide bonds. The molecule has 3 rings (SSSR count). The Morgan fingerprint density at radius 3 is 2.64 bits per heavy atom. The van der Waals surface area contributed by atoms with E-state index < -0.39 is 0 Å². The first-order valence-electron chi connectivity index (χ1n) is 8.70. The third-order valence-corrected chi connectivity index (χ3v) is 4.24. The molecular weight excluding hydrogens is 316 g/mol. The maximum absolute atomic E-state index is 12.1. The minimum Gasteiger partial charge on any atom is -0.368 e. The highest BCUT2D eigenvalue weighted by molar-refractivity contribution is 5.93. The highest BCUT2D eigenvalue weighted by Gasteiger charge is 2.24. The van der Waals surface area contributed by atoms with Crippen LogP contribution >= 0.6 is 0 Å². The van der Waals surface area contributed by atoms with E-state index in [9.17, 15) is 4.79 Å². The molecule has 0 radical (unpaired) electrons. The van der Waals surface area contributed by atoms with Crippen molar-refractivity contribution in [1.82, 2.24) is 10.2 Å². The van der Waals surface area contributed by atoms with Crippen LogP contribution in [0.15, 0.2) is 42.5 Å². The Bertz CT molecular complexity index is 682. The Labute approximate surface area is 148 Å². The van der Waals surface area contributed by atoms with Crippen molar-refractivity contribution in [2.75, 3.05) is 16.8 Å². The average Bonchev–Trinajstić information content (AvgIpc) is 3.16. The summed E-state index contributed by atoms with van der Waals surface area (Å²) in [6.07, 6.45) is 1.31. The van der Waals surface area contributed by atoms with Gasteiger partial charge in [0.25, 0.3) is 5.91 Å². The number of hydrogen-bond donors (Lipinski definition) is 1. The van der Waals surface area contributed by atoms with Crippen LogP contribution in [0.2, 0.25) is 0 Å². The summed E-state index contributed by atoms with van der Waals surface area (Å²) in [6, 6.07) is 14.2. The summed E-state index contributed by atoms with van der Waals surface area (Å²) < 4.78 is 5.38. The molecule has 1 atom stereocenters. The quantitative estimate of drug-likeness (QED) is 0.875. The molecule has 6 nitrogen and oxygen atoms in total. The second kappa shape index (κ2) is 8.07. The zero-order valence-electron chi connectivity index (χ0n) is 14.7. The molecule has 1 N–H and O–H groups in total. The summed E-state index contributed by atoms with van der Waals surface area (Å²) >= 11 is 0. The van der Waals surface area contributed by atoms with Gasteiger partial charge in [-0.3, -0.25) is 4.79 Å². The lowest BCUT2D eigenvalue weighted by molar-refractivity contribution is -0.124. The Morgan fingerprint density at radius 2 is 2.04 bits per heavy atom. The van der Waals surface area contributed by atoms with Crippen molar-refractivity contribution in [3.05, 3.63) is 48.0 Å². The van der Waals surface area contributed by atoms with E-state index in [1.54, 1.807) is 6.07 Å². The van der Waals surface area contributed by atoms with Gasteiger partial charge in [0.2, 0.25) is 0 Å². The van der Waals surface area contributed by atoms with Gasteiger partial charge in [0.05, 0.1) is 0 Å². The van der Waals surface area contributed by atoms with E-state index in [2.05, 4.69) is 46.4 Å². The summed E-state index contributed by atoms with van der Waals surface area (Å²) in [5.74, 6) is 1.09. The number of benzene rings is 1. The van der Waals surface area contributed by atoms with E-state index in [1.807, 2.05) is 24.3 Å². The number of rotatable bonds is 6. The predicted octanol–water partition coefficient (Wildman–Crippen LogP) is 3.01. The molecule has 132 valence electrons. The van der Waals surface area contributed by atoms with Crippen LogP contribution in [0, 0.1) is 0 Å². The fourth-order valence-electron chi connectivity index (χ4n) is 2.84. The van der Waals surface area contributed by atoms with Crippen LogP contribution in [0.4, 0.5) is 11.6 Å². The van der Waals surface area contributed by atoms with Crippen molar-refractivity contribution < 1.29 is 9.53 Å². The number of carbonyl (C=O) groups excluding carboxylic acids is 1. The van der Waals surface area contributed by atoms with Gasteiger partial charge in [0, 0.05) is 19.2 Å². The molecule has 1 aliphatic rings. The molecule has 0 spiro atoms. The molecule has 1 unspecified atom stereocenters. The Balaban J connectivity index is 1.67. The molecule has 25 heavy (non-hydrogen) atoms. The van der Waals surface area contributed by atoms with Gasteiger partial charge in [-0.15, -0.1) is 10.2 Å². The van der Waals surface area contributed by atoms with E-state index in [0.717, 1.165) is 25.2 Å². The highest BCUT2D eigenvalue weighted by atomic mass is 16.5. The molecule has 0 aliphatic carbocycles. The van der Waals surface area contributed by atoms with Gasteiger partial charge in [0.1, 0.15) is 6.10 Å². The van der Waals surface area contributed by atoms with Gasteiger partial charge >= 0.3 is 0 Å². The fraction of sp³-hybridized carbons (Fsp3) is 0.421. The van der Waals surface area contributed by atoms with Crippen LogP contribution in [0.25, 0.3) is 0 Å². The molecule has 1 aliphatic heterocycles. The number of ether oxygens (including phenoxy) is 1. The summed E-state index contributed by atoms with van der Waals surface area (Å²) in [6.45, 7) is 5.65. The summed E-state index contributed by atoms with van der Waals surface area (Å²) in [5.41, 5.74) is 1.22. The molecule has 1 saturated heterocycles. The highest BCUT2D eigenvalue weighted by Crippen LogP contribution is 2.19. The van der Waals surface area contributed by atoms with Crippen molar-refractivity contribution in [2.45, 2.75) is 45.4 Å². The Kier molecular flexibility index (Phi) is 5.60. The average molecular weight is 340 g/mol. The third-order valence-electron chi connectivity index (χ3n) is 4.24. The van der Waals surface area contributed by atoms with E-state index in [1.165, 1.54) is 5.56 Å². The van der Waals surface area contributed by atoms with Crippen LogP contribution in [-0.2, 0) is 16.1 Å². The number of anilines is 2. The van der Waals surface area contributed by atoms with Crippen molar-refractivity contribution >= 4 is 17.5 Å². The zero-order valence-corrected chi connectivity index (χ0v) is 14.7. The van der Waals surface area contributed by atoms with Crippen molar-refractivity contribution in [3.63, 3.8) is 0 Å². The molecule has 1 aromatic carbocycles. The Hall–Kier alpha value is -2.47. The van der Waals surface area contributed by atoms with Crippen LogP contribution in [-0.4, -0.2) is 34.9 Å². The second-order valence-corrected chi connectivity index (χ2v) is 6.47. The standard InChI is InChI=1S/C19H24N4O2/c1-14(2)23(13-15-7-4-3-5-8-15)18-11-10-17(21-22-18)20-19(24)16-9-6-12-25-16/h3-5,7-8,10-11,14,16H,6,9,12-13H2,1-2H3,(H,20,21,24). The van der Waals surface area contributed by atoms with E-state index in [-0.39, 0.29) is 18.1 Å². The van der Waals surface area contributed by atoms with Crippen LogP contribution in [0.3, 0.4) is 0 Å². The first-order valence-corrected chi connectivity index (χ1v) is 8.70. The number of amides is 1. The zero-order chi connectivity index (χ0) is 17.6. The Morgan fingerprint density at radius 1 is 1.24 bits per heavy atom.